The van der Waals surface area contributed by atoms with Crippen molar-refractivity contribution in [2.24, 2.45) is 5.92 Å². The summed E-state index contributed by atoms with van der Waals surface area (Å²) in [5.74, 6) is 1.34. The molecule has 1 nitrogen and oxygen atoms in total. The Hall–Kier alpha value is -0.980. The number of benzene rings is 1. The lowest BCUT2D eigenvalue weighted by Crippen LogP contribution is -2.18. The molecule has 0 aliphatic rings. The summed E-state index contributed by atoms with van der Waals surface area (Å²) in [6, 6.07) is 4.50. The van der Waals surface area contributed by atoms with Crippen molar-refractivity contribution in [3.05, 3.63) is 28.8 Å². The van der Waals surface area contributed by atoms with Crippen LogP contribution in [0.1, 0.15) is 104 Å². The number of phenols is 1. The van der Waals surface area contributed by atoms with Gasteiger partial charge in [0.15, 0.2) is 0 Å². The van der Waals surface area contributed by atoms with Crippen LogP contribution < -0.4 is 0 Å². The van der Waals surface area contributed by atoms with E-state index in [0.717, 1.165) is 23.5 Å². The van der Waals surface area contributed by atoms with Crippen LogP contribution in [0.15, 0.2) is 12.1 Å². The number of rotatable bonds is 7. The standard InChI is InChI=1S/C23H40O/c1-9-11-17(12-10-2)13-14-18-15-19(22(3,4)5)21(24)20(16-18)23(6,7)8/h15-17,24H,9-14H2,1-8H3. The molecular formula is C23H40O. The van der Waals surface area contributed by atoms with E-state index in [4.69, 9.17) is 0 Å². The van der Waals surface area contributed by atoms with Gasteiger partial charge in [0.05, 0.1) is 0 Å². The third kappa shape index (κ3) is 5.83. The van der Waals surface area contributed by atoms with Gasteiger partial charge in [-0.2, -0.15) is 0 Å². The van der Waals surface area contributed by atoms with E-state index in [9.17, 15) is 5.11 Å². The Balaban J connectivity index is 3.15. The molecule has 1 rings (SSSR count). The minimum Gasteiger partial charge on any atom is -0.507 e. The molecule has 0 amide bonds. The summed E-state index contributed by atoms with van der Waals surface area (Å²) in [5, 5.41) is 10.8. The molecule has 1 N–H and O–H groups in total. The number of phenolic OH excluding ortho intramolecular Hbond substituents is 1. The number of hydrogen-bond acceptors (Lipinski definition) is 1. The molecule has 0 fully saturated rings. The highest BCUT2D eigenvalue weighted by molar-refractivity contribution is 5.49. The first kappa shape index (κ1) is 21.1. The third-order valence-corrected chi connectivity index (χ3v) is 5.02. The van der Waals surface area contributed by atoms with Crippen molar-refractivity contribution >= 4 is 0 Å². The fourth-order valence-corrected chi connectivity index (χ4v) is 3.60. The summed E-state index contributed by atoms with van der Waals surface area (Å²) in [6.45, 7) is 17.7. The summed E-state index contributed by atoms with van der Waals surface area (Å²) < 4.78 is 0. The van der Waals surface area contributed by atoms with Crippen LogP contribution in [0, 0.1) is 5.92 Å². The van der Waals surface area contributed by atoms with Crippen LogP contribution in [-0.2, 0) is 17.3 Å². The van der Waals surface area contributed by atoms with Crippen LogP contribution in [0.3, 0.4) is 0 Å². The molecule has 0 aliphatic carbocycles. The van der Waals surface area contributed by atoms with E-state index in [2.05, 4.69) is 67.5 Å². The zero-order chi connectivity index (χ0) is 18.5. The maximum atomic E-state index is 10.8. The lowest BCUT2D eigenvalue weighted by atomic mass is 9.77. The zero-order valence-corrected chi connectivity index (χ0v) is 17.4. The van der Waals surface area contributed by atoms with Gasteiger partial charge in [0.25, 0.3) is 0 Å². The second kappa shape index (κ2) is 8.41. The van der Waals surface area contributed by atoms with Crippen LogP contribution in [0.5, 0.6) is 5.75 Å². The Morgan fingerprint density at radius 2 is 1.21 bits per heavy atom. The van der Waals surface area contributed by atoms with E-state index in [1.54, 1.807) is 0 Å². The second-order valence-electron chi connectivity index (χ2n) is 9.52. The molecule has 0 atom stereocenters. The van der Waals surface area contributed by atoms with E-state index in [0.29, 0.717) is 5.75 Å². The summed E-state index contributed by atoms with van der Waals surface area (Å²) in [7, 11) is 0. The topological polar surface area (TPSA) is 20.2 Å². The van der Waals surface area contributed by atoms with Crippen molar-refractivity contribution in [3.63, 3.8) is 0 Å². The Morgan fingerprint density at radius 3 is 1.54 bits per heavy atom. The lowest BCUT2D eigenvalue weighted by Gasteiger charge is -2.28. The largest absolute Gasteiger partial charge is 0.507 e. The van der Waals surface area contributed by atoms with Gasteiger partial charge in [-0.25, -0.2) is 0 Å². The van der Waals surface area contributed by atoms with E-state index in [-0.39, 0.29) is 10.8 Å². The number of aryl methyl sites for hydroxylation is 1. The quantitative estimate of drug-likeness (QED) is 0.562. The Morgan fingerprint density at radius 1 is 0.792 bits per heavy atom. The van der Waals surface area contributed by atoms with Gasteiger partial charge in [0.2, 0.25) is 0 Å². The Bertz CT molecular complexity index is 473. The molecule has 0 saturated heterocycles. The third-order valence-electron chi connectivity index (χ3n) is 5.02. The highest BCUT2D eigenvalue weighted by Gasteiger charge is 2.26. The second-order valence-corrected chi connectivity index (χ2v) is 9.52. The molecule has 0 saturated carbocycles. The van der Waals surface area contributed by atoms with Gasteiger partial charge in [-0.1, -0.05) is 93.2 Å². The van der Waals surface area contributed by atoms with Crippen molar-refractivity contribution in [3.8, 4) is 5.75 Å². The zero-order valence-electron chi connectivity index (χ0n) is 17.4. The normalized spacial score (nSPS) is 12.9. The van der Waals surface area contributed by atoms with Crippen molar-refractivity contribution in [1.29, 1.82) is 0 Å². The molecule has 0 bridgehead atoms. The minimum atomic E-state index is -0.0354. The van der Waals surface area contributed by atoms with Crippen molar-refractivity contribution < 1.29 is 5.11 Å². The van der Waals surface area contributed by atoms with Gasteiger partial charge in [-0.3, -0.25) is 0 Å². The SMILES string of the molecule is CCCC(CCC)CCc1cc(C(C)(C)C)c(O)c(C(C)(C)C)c1. The predicted molar refractivity (Wildman–Crippen MR) is 107 cm³/mol. The van der Waals surface area contributed by atoms with Crippen molar-refractivity contribution in [2.75, 3.05) is 0 Å². The Kier molecular flexibility index (Phi) is 7.38. The molecule has 138 valence electrons. The minimum absolute atomic E-state index is 0.0354. The van der Waals surface area contributed by atoms with E-state index in [1.807, 2.05) is 0 Å². The molecule has 0 heterocycles. The molecule has 24 heavy (non-hydrogen) atoms. The highest BCUT2D eigenvalue weighted by Crippen LogP contribution is 2.40. The van der Waals surface area contributed by atoms with Gasteiger partial charge in [0.1, 0.15) is 5.75 Å². The first-order valence-corrected chi connectivity index (χ1v) is 9.87. The fraction of sp³-hybridized carbons (Fsp3) is 0.739. The smallest absolute Gasteiger partial charge is 0.123 e. The fourth-order valence-electron chi connectivity index (χ4n) is 3.60. The van der Waals surface area contributed by atoms with E-state index in [1.165, 1.54) is 37.7 Å². The molecule has 1 heteroatoms. The molecule has 0 radical (unpaired) electrons. The van der Waals surface area contributed by atoms with E-state index < -0.39 is 0 Å². The van der Waals surface area contributed by atoms with Gasteiger partial charge >= 0.3 is 0 Å². The maximum Gasteiger partial charge on any atom is 0.123 e. The first-order valence-electron chi connectivity index (χ1n) is 9.87. The van der Waals surface area contributed by atoms with Gasteiger partial charge < -0.3 is 5.11 Å². The van der Waals surface area contributed by atoms with Crippen LogP contribution in [0.4, 0.5) is 0 Å². The lowest BCUT2D eigenvalue weighted by molar-refractivity contribution is 0.408. The van der Waals surface area contributed by atoms with Gasteiger partial charge in [-0.05, 0) is 46.3 Å². The van der Waals surface area contributed by atoms with Crippen LogP contribution >= 0.6 is 0 Å². The monoisotopic (exact) mass is 332 g/mol. The molecule has 0 aromatic heterocycles. The maximum absolute atomic E-state index is 10.8. The summed E-state index contributed by atoms with van der Waals surface area (Å²) in [5.41, 5.74) is 3.50. The molecular weight excluding hydrogens is 292 g/mol. The molecule has 1 aromatic carbocycles. The molecule has 0 unspecified atom stereocenters. The summed E-state index contributed by atoms with van der Waals surface area (Å²) >= 11 is 0. The summed E-state index contributed by atoms with van der Waals surface area (Å²) in [4.78, 5) is 0. The van der Waals surface area contributed by atoms with Crippen LogP contribution in [0.25, 0.3) is 0 Å². The average molecular weight is 333 g/mol. The molecule has 1 aromatic rings. The molecule has 0 aliphatic heterocycles. The van der Waals surface area contributed by atoms with Gasteiger partial charge in [0, 0.05) is 0 Å². The van der Waals surface area contributed by atoms with Crippen LogP contribution in [0.2, 0.25) is 0 Å². The first-order chi connectivity index (χ1) is 11.0. The predicted octanol–water partition coefficient (Wildman–Crippen LogP) is 7.14. The van der Waals surface area contributed by atoms with E-state index >= 15 is 0 Å². The summed E-state index contributed by atoms with van der Waals surface area (Å²) in [6.07, 6.45) is 7.62. The van der Waals surface area contributed by atoms with Crippen LogP contribution in [-0.4, -0.2) is 5.11 Å². The number of aromatic hydroxyl groups is 1. The van der Waals surface area contributed by atoms with Gasteiger partial charge in [-0.15, -0.1) is 0 Å². The highest BCUT2D eigenvalue weighted by atomic mass is 16.3. The number of hydrogen-bond donors (Lipinski definition) is 1. The van der Waals surface area contributed by atoms with Crippen molar-refractivity contribution in [1.82, 2.24) is 0 Å². The average Bonchev–Trinajstić information content (AvgIpc) is 2.43. The van der Waals surface area contributed by atoms with Crippen molar-refractivity contribution in [2.45, 2.75) is 105 Å². The Labute approximate surface area is 150 Å². The molecule has 0 spiro atoms.